The summed E-state index contributed by atoms with van der Waals surface area (Å²) >= 11 is 0. The molecule has 9 heteroatoms. The van der Waals surface area contributed by atoms with Gasteiger partial charge in [-0.05, 0) is 13.0 Å². The van der Waals surface area contributed by atoms with Crippen molar-refractivity contribution >= 4 is 29.8 Å². The lowest BCUT2D eigenvalue weighted by molar-refractivity contribution is 0.189. The molecule has 0 aromatic rings. The van der Waals surface area contributed by atoms with Crippen LogP contribution in [0.2, 0.25) is 0 Å². The predicted molar refractivity (Wildman–Crippen MR) is 67.1 cm³/mol. The standard InChI is InChI=1S/C8H17ClN2O4S2/c1-16(12,13)11-6-4-10(5-7-11)3-2-8-17(9,14)15/h2-8H2,1H3. The summed E-state index contributed by atoms with van der Waals surface area (Å²) in [7, 11) is -1.42. The fourth-order valence-corrected chi connectivity index (χ4v) is 3.37. The second kappa shape index (κ2) is 5.83. The number of nitrogens with zero attached hydrogens (tertiary/aromatic N) is 2. The fraction of sp³-hybridized carbons (Fsp3) is 1.00. The first-order chi connectivity index (χ1) is 7.68. The van der Waals surface area contributed by atoms with Crippen LogP contribution in [0, 0.1) is 0 Å². The zero-order chi connectivity index (χ0) is 13.1. The molecule has 0 N–H and O–H groups in total. The van der Waals surface area contributed by atoms with Crippen molar-refractivity contribution in [1.29, 1.82) is 0 Å². The highest BCUT2D eigenvalue weighted by molar-refractivity contribution is 8.13. The molecule has 1 heterocycles. The van der Waals surface area contributed by atoms with Crippen LogP contribution < -0.4 is 0 Å². The van der Waals surface area contributed by atoms with Gasteiger partial charge in [0.15, 0.2) is 0 Å². The van der Waals surface area contributed by atoms with E-state index in [9.17, 15) is 16.8 Å². The largest absolute Gasteiger partial charge is 0.301 e. The van der Waals surface area contributed by atoms with Crippen LogP contribution in [-0.2, 0) is 19.1 Å². The first kappa shape index (κ1) is 15.2. The van der Waals surface area contributed by atoms with Gasteiger partial charge in [0.05, 0.1) is 12.0 Å². The maximum atomic E-state index is 11.2. The molecule has 0 radical (unpaired) electrons. The van der Waals surface area contributed by atoms with Gasteiger partial charge in [-0.1, -0.05) is 0 Å². The maximum absolute atomic E-state index is 11.2. The highest BCUT2D eigenvalue weighted by Crippen LogP contribution is 2.07. The van der Waals surface area contributed by atoms with Gasteiger partial charge in [-0.3, -0.25) is 0 Å². The zero-order valence-electron chi connectivity index (χ0n) is 9.67. The summed E-state index contributed by atoms with van der Waals surface area (Å²) in [5.74, 6) is -0.0408. The van der Waals surface area contributed by atoms with Gasteiger partial charge in [-0.15, -0.1) is 0 Å². The van der Waals surface area contributed by atoms with Crippen molar-refractivity contribution in [2.45, 2.75) is 6.42 Å². The first-order valence-corrected chi connectivity index (χ1v) is 9.61. The molecule has 6 nitrogen and oxygen atoms in total. The quantitative estimate of drug-likeness (QED) is 0.642. The summed E-state index contributed by atoms with van der Waals surface area (Å²) in [6.45, 7) is 2.83. The fourth-order valence-electron chi connectivity index (χ4n) is 1.75. The van der Waals surface area contributed by atoms with E-state index in [4.69, 9.17) is 10.7 Å². The van der Waals surface area contributed by atoms with E-state index in [2.05, 4.69) is 0 Å². The molecule has 17 heavy (non-hydrogen) atoms. The highest BCUT2D eigenvalue weighted by Gasteiger charge is 2.23. The Kier molecular flexibility index (Phi) is 5.21. The Bertz CT molecular complexity index is 437. The molecule has 0 bridgehead atoms. The van der Waals surface area contributed by atoms with Gasteiger partial charge < -0.3 is 4.90 Å². The number of hydrogen-bond donors (Lipinski definition) is 0. The van der Waals surface area contributed by atoms with Gasteiger partial charge in [0.2, 0.25) is 19.1 Å². The summed E-state index contributed by atoms with van der Waals surface area (Å²) in [5, 5.41) is 0. The Hall–Kier alpha value is 0.110. The molecule has 0 saturated carbocycles. The Morgan fingerprint density at radius 3 is 2.00 bits per heavy atom. The average Bonchev–Trinajstić information content (AvgIpc) is 2.15. The van der Waals surface area contributed by atoms with Gasteiger partial charge in [0.1, 0.15) is 0 Å². The SMILES string of the molecule is CS(=O)(=O)N1CCN(CCCS(=O)(=O)Cl)CC1. The van der Waals surface area contributed by atoms with Gasteiger partial charge in [0.25, 0.3) is 0 Å². The molecule has 102 valence electrons. The molecule has 0 aromatic heterocycles. The van der Waals surface area contributed by atoms with Crippen LogP contribution in [-0.4, -0.2) is 70.8 Å². The van der Waals surface area contributed by atoms with E-state index in [1.807, 2.05) is 4.90 Å². The lowest BCUT2D eigenvalue weighted by Crippen LogP contribution is -2.48. The zero-order valence-corrected chi connectivity index (χ0v) is 12.1. The third kappa shape index (κ3) is 6.01. The van der Waals surface area contributed by atoms with Crippen molar-refractivity contribution in [3.05, 3.63) is 0 Å². The minimum absolute atomic E-state index is 0.0408. The molecule has 0 spiro atoms. The molecule has 0 amide bonds. The number of sulfonamides is 1. The van der Waals surface area contributed by atoms with Gasteiger partial charge in [0, 0.05) is 36.9 Å². The van der Waals surface area contributed by atoms with Crippen LogP contribution in [0.25, 0.3) is 0 Å². The van der Waals surface area contributed by atoms with Crippen molar-refractivity contribution in [2.75, 3.05) is 44.7 Å². The van der Waals surface area contributed by atoms with Crippen molar-refractivity contribution in [2.24, 2.45) is 0 Å². The number of rotatable bonds is 5. The molecule has 0 aliphatic carbocycles. The second-order valence-corrected chi connectivity index (χ2v) is 8.98. The smallest absolute Gasteiger partial charge is 0.232 e. The monoisotopic (exact) mass is 304 g/mol. The third-order valence-corrected chi connectivity index (χ3v) is 5.21. The minimum Gasteiger partial charge on any atom is -0.301 e. The number of hydrogen-bond acceptors (Lipinski definition) is 5. The summed E-state index contributed by atoms with van der Waals surface area (Å²) < 4.78 is 45.4. The Labute approximate surface area is 107 Å². The maximum Gasteiger partial charge on any atom is 0.232 e. The molecule has 0 atom stereocenters. The van der Waals surface area contributed by atoms with Crippen molar-refractivity contribution in [1.82, 2.24) is 9.21 Å². The van der Waals surface area contributed by atoms with E-state index >= 15 is 0 Å². The van der Waals surface area contributed by atoms with Crippen LogP contribution in [0.3, 0.4) is 0 Å². The van der Waals surface area contributed by atoms with E-state index in [0.717, 1.165) is 0 Å². The molecule has 0 aromatic carbocycles. The van der Waals surface area contributed by atoms with E-state index < -0.39 is 19.1 Å². The van der Waals surface area contributed by atoms with Crippen LogP contribution in [0.1, 0.15) is 6.42 Å². The van der Waals surface area contributed by atoms with E-state index in [0.29, 0.717) is 39.1 Å². The second-order valence-electron chi connectivity index (χ2n) is 4.10. The third-order valence-electron chi connectivity index (χ3n) is 2.66. The normalized spacial score (nSPS) is 20.6. The van der Waals surface area contributed by atoms with E-state index in [-0.39, 0.29) is 5.75 Å². The Morgan fingerprint density at radius 1 is 1.06 bits per heavy atom. The molecule has 1 fully saturated rings. The Balaban J connectivity index is 2.29. The highest BCUT2D eigenvalue weighted by atomic mass is 35.7. The first-order valence-electron chi connectivity index (χ1n) is 5.28. The predicted octanol–water partition coefficient (Wildman–Crippen LogP) is -0.478. The molecule has 1 aliphatic rings. The summed E-state index contributed by atoms with van der Waals surface area (Å²) in [6, 6.07) is 0. The summed E-state index contributed by atoms with van der Waals surface area (Å²) in [5.41, 5.74) is 0. The molecule has 1 saturated heterocycles. The average molecular weight is 305 g/mol. The molecule has 0 unspecified atom stereocenters. The molecule has 1 aliphatic heterocycles. The molecular formula is C8H17ClN2O4S2. The van der Waals surface area contributed by atoms with Crippen molar-refractivity contribution in [3.63, 3.8) is 0 Å². The lowest BCUT2D eigenvalue weighted by atomic mass is 10.3. The van der Waals surface area contributed by atoms with Crippen LogP contribution >= 0.6 is 10.7 Å². The van der Waals surface area contributed by atoms with Gasteiger partial charge in [-0.25, -0.2) is 16.8 Å². The van der Waals surface area contributed by atoms with Crippen LogP contribution in [0.5, 0.6) is 0 Å². The number of halogens is 1. The van der Waals surface area contributed by atoms with Gasteiger partial charge in [-0.2, -0.15) is 4.31 Å². The number of piperazine rings is 1. The molecule has 1 rings (SSSR count). The van der Waals surface area contributed by atoms with E-state index in [1.54, 1.807) is 0 Å². The molecular weight excluding hydrogens is 288 g/mol. The van der Waals surface area contributed by atoms with Gasteiger partial charge >= 0.3 is 0 Å². The van der Waals surface area contributed by atoms with Crippen molar-refractivity contribution < 1.29 is 16.8 Å². The van der Waals surface area contributed by atoms with Crippen LogP contribution in [0.4, 0.5) is 0 Å². The van der Waals surface area contributed by atoms with Crippen molar-refractivity contribution in [3.8, 4) is 0 Å². The lowest BCUT2D eigenvalue weighted by Gasteiger charge is -2.33. The Morgan fingerprint density at radius 2 is 1.59 bits per heavy atom. The van der Waals surface area contributed by atoms with Crippen LogP contribution in [0.15, 0.2) is 0 Å². The summed E-state index contributed by atoms with van der Waals surface area (Å²) in [6.07, 6.45) is 1.67. The minimum atomic E-state index is -3.42. The topological polar surface area (TPSA) is 74.8 Å². The van der Waals surface area contributed by atoms with E-state index in [1.165, 1.54) is 10.6 Å². The summed E-state index contributed by atoms with van der Waals surface area (Å²) in [4.78, 5) is 2.05.